The van der Waals surface area contributed by atoms with Crippen LogP contribution in [-0.4, -0.2) is 57.1 Å². The van der Waals surface area contributed by atoms with Gasteiger partial charge in [-0.3, -0.25) is 29.3 Å². The highest BCUT2D eigenvalue weighted by Crippen LogP contribution is 2.19. The van der Waals surface area contributed by atoms with E-state index in [9.17, 15) is 9.59 Å². The Morgan fingerprint density at radius 1 is 1.06 bits per heavy atom. The molecule has 1 aliphatic rings. The number of rotatable bonds is 8. The van der Waals surface area contributed by atoms with Crippen molar-refractivity contribution in [1.29, 1.82) is 0 Å². The minimum absolute atomic E-state index is 0.0393. The summed E-state index contributed by atoms with van der Waals surface area (Å²) in [5.74, 6) is 0.589. The molecule has 0 amide bonds. The van der Waals surface area contributed by atoms with Gasteiger partial charge in [0, 0.05) is 36.9 Å². The first-order valence-corrected chi connectivity index (χ1v) is 11.9. The van der Waals surface area contributed by atoms with Gasteiger partial charge in [-0.2, -0.15) is 0 Å². The van der Waals surface area contributed by atoms with Gasteiger partial charge < -0.3 is 14.0 Å². The van der Waals surface area contributed by atoms with Crippen molar-refractivity contribution in [2.75, 3.05) is 32.8 Å². The minimum Gasteiger partial charge on any atom is -0.487 e. The molecular weight excluding hydrogens is 470 g/mol. The number of hydrogen-bond acceptors (Lipinski definition) is 6. The fourth-order valence-electron chi connectivity index (χ4n) is 4.24. The molecule has 1 saturated heterocycles. The van der Waals surface area contributed by atoms with Gasteiger partial charge >= 0.3 is 0 Å². The van der Waals surface area contributed by atoms with Crippen molar-refractivity contribution in [3.63, 3.8) is 0 Å². The lowest BCUT2D eigenvalue weighted by molar-refractivity contribution is 0.0359. The zero-order chi connectivity index (χ0) is 24.2. The summed E-state index contributed by atoms with van der Waals surface area (Å²) in [5.41, 5.74) is 1.29. The molecule has 0 spiro atoms. The Hall–Kier alpha value is -3.40. The monoisotopic (exact) mass is 495 g/mol. The van der Waals surface area contributed by atoms with Crippen LogP contribution in [-0.2, 0) is 24.4 Å². The molecule has 0 atom stereocenters. The molecular formula is C25H26ClN5O4. The predicted octanol–water partition coefficient (Wildman–Crippen LogP) is 2.50. The highest BCUT2D eigenvalue weighted by Gasteiger charge is 2.19. The molecule has 0 aliphatic carbocycles. The molecule has 3 aromatic heterocycles. The van der Waals surface area contributed by atoms with Crippen LogP contribution < -0.4 is 15.9 Å². The molecule has 0 radical (unpaired) electrons. The fraction of sp³-hybridized carbons (Fsp3) is 0.320. The molecule has 182 valence electrons. The average Bonchev–Trinajstić information content (AvgIpc) is 3.19. The van der Waals surface area contributed by atoms with Crippen LogP contribution >= 0.6 is 11.6 Å². The number of benzene rings is 1. The van der Waals surface area contributed by atoms with E-state index in [1.807, 2.05) is 18.2 Å². The Labute approximate surface area is 206 Å². The van der Waals surface area contributed by atoms with Gasteiger partial charge in [0.05, 0.1) is 48.6 Å². The number of fused-ring (bicyclic) bond motifs is 1. The quantitative estimate of drug-likeness (QED) is 0.403. The van der Waals surface area contributed by atoms with Crippen LogP contribution in [0.25, 0.3) is 10.9 Å². The number of aromatic nitrogens is 4. The lowest BCUT2D eigenvalue weighted by atomic mass is 10.2. The second-order valence-corrected chi connectivity index (χ2v) is 8.83. The number of nitrogens with zero attached hydrogens (tertiary/aromatic N) is 4. The zero-order valence-electron chi connectivity index (χ0n) is 19.2. The Balaban J connectivity index is 1.52. The van der Waals surface area contributed by atoms with Gasteiger partial charge in [0.2, 0.25) is 0 Å². The summed E-state index contributed by atoms with van der Waals surface area (Å²) < 4.78 is 14.5. The average molecular weight is 496 g/mol. The van der Waals surface area contributed by atoms with Crippen molar-refractivity contribution >= 4 is 22.5 Å². The van der Waals surface area contributed by atoms with Crippen LogP contribution in [0.15, 0.2) is 64.3 Å². The summed E-state index contributed by atoms with van der Waals surface area (Å²) in [6, 6.07) is 14.0. The molecule has 9 nitrogen and oxygen atoms in total. The highest BCUT2D eigenvalue weighted by atomic mass is 35.5. The first-order valence-electron chi connectivity index (χ1n) is 11.5. The second-order valence-electron chi connectivity index (χ2n) is 8.39. The normalized spacial score (nSPS) is 14.4. The third-order valence-corrected chi connectivity index (χ3v) is 6.36. The van der Waals surface area contributed by atoms with Gasteiger partial charge in [-0.1, -0.05) is 17.7 Å². The van der Waals surface area contributed by atoms with Crippen molar-refractivity contribution in [1.82, 2.24) is 24.2 Å². The number of halogens is 1. The number of nitrogens with one attached hydrogen (secondary N) is 1. The topological polar surface area (TPSA) is 94.4 Å². The molecule has 0 saturated carbocycles. The van der Waals surface area contributed by atoms with Crippen molar-refractivity contribution < 1.29 is 9.47 Å². The highest BCUT2D eigenvalue weighted by molar-refractivity contribution is 6.30. The number of ether oxygens (including phenoxy) is 2. The largest absolute Gasteiger partial charge is 0.487 e. The van der Waals surface area contributed by atoms with Gasteiger partial charge in [0.25, 0.3) is 11.1 Å². The van der Waals surface area contributed by atoms with E-state index in [-0.39, 0.29) is 24.3 Å². The van der Waals surface area contributed by atoms with E-state index in [0.717, 1.165) is 13.1 Å². The number of hydrogen-bond donors (Lipinski definition) is 1. The number of H-pyrrole nitrogens is 1. The van der Waals surface area contributed by atoms with Gasteiger partial charge in [0.1, 0.15) is 12.4 Å². The van der Waals surface area contributed by atoms with Crippen molar-refractivity contribution in [3.05, 3.63) is 91.8 Å². The summed E-state index contributed by atoms with van der Waals surface area (Å²) in [6.45, 7) is 4.53. The molecule has 4 heterocycles. The van der Waals surface area contributed by atoms with Crippen LogP contribution in [0.4, 0.5) is 0 Å². The predicted molar refractivity (Wildman–Crippen MR) is 133 cm³/mol. The first kappa shape index (κ1) is 23.3. The maximum absolute atomic E-state index is 13.5. The van der Waals surface area contributed by atoms with E-state index < -0.39 is 0 Å². The molecule has 1 fully saturated rings. The lowest BCUT2D eigenvalue weighted by Gasteiger charge is -2.26. The van der Waals surface area contributed by atoms with Crippen LogP contribution in [0.2, 0.25) is 5.02 Å². The number of pyridine rings is 2. The molecule has 0 unspecified atom stereocenters. The number of morpholine rings is 1. The molecule has 5 rings (SSSR count). The van der Waals surface area contributed by atoms with E-state index in [1.165, 1.54) is 6.07 Å². The van der Waals surface area contributed by atoms with Gasteiger partial charge in [0.15, 0.2) is 0 Å². The van der Waals surface area contributed by atoms with E-state index in [1.54, 1.807) is 39.7 Å². The lowest BCUT2D eigenvalue weighted by Crippen LogP contribution is -2.39. The SMILES string of the molecule is O=c1c2c(COc3ccc(Cl)cc3)n(Cc3ccccn3)c(=O)cc2[nH]n1CCN1CCOCC1. The van der Waals surface area contributed by atoms with Crippen LogP contribution in [0.1, 0.15) is 11.4 Å². The van der Waals surface area contributed by atoms with Crippen molar-refractivity contribution in [3.8, 4) is 5.75 Å². The van der Waals surface area contributed by atoms with E-state index in [2.05, 4.69) is 15.0 Å². The van der Waals surface area contributed by atoms with Crippen LogP contribution in [0.5, 0.6) is 5.75 Å². The summed E-state index contributed by atoms with van der Waals surface area (Å²) in [5, 5.41) is 4.16. The van der Waals surface area contributed by atoms with Gasteiger partial charge in [-0.05, 0) is 36.4 Å². The Kier molecular flexibility index (Phi) is 6.98. The van der Waals surface area contributed by atoms with Gasteiger partial charge in [-0.25, -0.2) is 0 Å². The maximum Gasteiger partial charge on any atom is 0.276 e. The Bertz CT molecular complexity index is 1410. The summed E-state index contributed by atoms with van der Waals surface area (Å²) >= 11 is 5.99. The van der Waals surface area contributed by atoms with Crippen LogP contribution in [0.3, 0.4) is 0 Å². The second kappa shape index (κ2) is 10.5. The summed E-state index contributed by atoms with van der Waals surface area (Å²) in [6.07, 6.45) is 1.68. The zero-order valence-corrected chi connectivity index (χ0v) is 19.9. The van der Waals surface area contributed by atoms with E-state index >= 15 is 0 Å². The molecule has 1 aliphatic heterocycles. The van der Waals surface area contributed by atoms with Gasteiger partial charge in [-0.15, -0.1) is 0 Å². The van der Waals surface area contributed by atoms with Crippen LogP contribution in [0, 0.1) is 0 Å². The molecule has 35 heavy (non-hydrogen) atoms. The molecule has 1 aromatic carbocycles. The summed E-state index contributed by atoms with van der Waals surface area (Å²) in [7, 11) is 0. The molecule has 4 aromatic rings. The standard InChI is InChI=1S/C25H26ClN5O4/c26-18-4-6-20(7-5-18)35-17-22-24-21(15-23(32)30(22)16-19-3-1-2-8-27-19)28-31(25(24)33)10-9-29-11-13-34-14-12-29/h1-8,15,28H,9-14,16-17H2. The molecule has 10 heteroatoms. The van der Waals surface area contributed by atoms with E-state index in [0.29, 0.717) is 59.4 Å². The smallest absolute Gasteiger partial charge is 0.276 e. The maximum atomic E-state index is 13.5. The van der Waals surface area contributed by atoms with Crippen molar-refractivity contribution in [2.45, 2.75) is 19.7 Å². The Morgan fingerprint density at radius 3 is 2.60 bits per heavy atom. The third-order valence-electron chi connectivity index (χ3n) is 6.11. The van der Waals surface area contributed by atoms with E-state index in [4.69, 9.17) is 21.1 Å². The third kappa shape index (κ3) is 5.32. The first-order chi connectivity index (χ1) is 17.1. The van der Waals surface area contributed by atoms with Crippen molar-refractivity contribution in [2.24, 2.45) is 0 Å². The fourth-order valence-corrected chi connectivity index (χ4v) is 4.36. The Morgan fingerprint density at radius 2 is 1.86 bits per heavy atom. The minimum atomic E-state index is -0.237. The summed E-state index contributed by atoms with van der Waals surface area (Å²) in [4.78, 5) is 33.2. The molecule has 1 N–H and O–H groups in total. The number of aromatic amines is 1. The molecule has 0 bridgehead atoms.